The molecular weight excluding hydrogens is 372 g/mol. The van der Waals surface area contributed by atoms with E-state index < -0.39 is 38.1 Å². The van der Waals surface area contributed by atoms with E-state index in [2.05, 4.69) is 0 Å². The molecule has 8 heteroatoms. The minimum Gasteiger partial charge on any atom is -0.744 e. The zero-order valence-corrected chi connectivity index (χ0v) is 14.6. The Labute approximate surface area is 154 Å². The van der Waals surface area contributed by atoms with Gasteiger partial charge >= 0.3 is 0 Å². The summed E-state index contributed by atoms with van der Waals surface area (Å²) >= 11 is 0. The molecule has 1 aliphatic rings. The van der Waals surface area contributed by atoms with Gasteiger partial charge in [-0.1, -0.05) is 30.3 Å². The van der Waals surface area contributed by atoms with Gasteiger partial charge in [0.25, 0.3) is 0 Å². The van der Waals surface area contributed by atoms with Crippen LogP contribution in [0.4, 0.5) is 0 Å². The average molecular weight is 385 g/mol. The fourth-order valence-electron chi connectivity index (χ4n) is 2.84. The highest BCUT2D eigenvalue weighted by Crippen LogP contribution is 2.37. The molecule has 138 valence electrons. The Morgan fingerprint density at radius 2 is 1.67 bits per heavy atom. The van der Waals surface area contributed by atoms with Gasteiger partial charge in [-0.05, 0) is 41.0 Å². The van der Waals surface area contributed by atoms with Crippen LogP contribution in [0.2, 0.25) is 0 Å². The fourth-order valence-corrected chi connectivity index (χ4v) is 3.53. The maximum atomic E-state index is 11.9. The standard InChI is InChI=1S/C19H14O7S/c20-14-7-5-11(9-16(14)22)19(12-6-8-15(21)17(23)10-12)13-3-1-2-4-18(13)27(24,25)26/h1-9,20,22H,10H2,(H,24,25,26)/p-1/b19-12-. The zero-order valence-electron chi connectivity index (χ0n) is 13.7. The first-order valence-corrected chi connectivity index (χ1v) is 9.15. The molecule has 0 saturated carbocycles. The maximum absolute atomic E-state index is 11.9. The summed E-state index contributed by atoms with van der Waals surface area (Å²) in [5.41, 5.74) is 0.792. The van der Waals surface area contributed by atoms with Crippen molar-refractivity contribution in [1.82, 2.24) is 0 Å². The third kappa shape index (κ3) is 3.67. The predicted molar refractivity (Wildman–Crippen MR) is 94.0 cm³/mol. The van der Waals surface area contributed by atoms with E-state index in [4.69, 9.17) is 0 Å². The Hall–Kier alpha value is -3.23. The summed E-state index contributed by atoms with van der Waals surface area (Å²) in [4.78, 5) is 22.9. The maximum Gasteiger partial charge on any atom is 0.221 e. The lowest BCUT2D eigenvalue weighted by Gasteiger charge is -2.20. The van der Waals surface area contributed by atoms with Crippen LogP contribution in [0, 0.1) is 0 Å². The molecule has 0 saturated heterocycles. The number of ketones is 2. The molecule has 0 unspecified atom stereocenters. The van der Waals surface area contributed by atoms with Crippen LogP contribution in [-0.2, 0) is 19.7 Å². The number of phenolic OH excluding ortho intramolecular Hbond substituents is 2. The summed E-state index contributed by atoms with van der Waals surface area (Å²) in [6.45, 7) is 0. The van der Waals surface area contributed by atoms with Gasteiger partial charge in [-0.15, -0.1) is 0 Å². The number of rotatable bonds is 3. The number of phenols is 2. The van der Waals surface area contributed by atoms with Crippen LogP contribution in [0.15, 0.2) is 65.1 Å². The second kappa shape index (κ2) is 6.82. The molecule has 0 fully saturated rings. The Bertz CT molecular complexity index is 1120. The molecule has 0 bridgehead atoms. The van der Waals surface area contributed by atoms with Crippen molar-refractivity contribution in [1.29, 1.82) is 0 Å². The molecule has 2 aromatic rings. The molecule has 0 aliphatic heterocycles. The van der Waals surface area contributed by atoms with Gasteiger partial charge in [0, 0.05) is 12.0 Å². The van der Waals surface area contributed by atoms with E-state index in [1.807, 2.05) is 0 Å². The monoisotopic (exact) mass is 385 g/mol. The number of aromatic hydroxyl groups is 2. The van der Waals surface area contributed by atoms with Crippen LogP contribution in [0.3, 0.4) is 0 Å². The fraction of sp³-hybridized carbons (Fsp3) is 0.0526. The number of hydrogen-bond acceptors (Lipinski definition) is 7. The quantitative estimate of drug-likeness (QED) is 0.468. The smallest absolute Gasteiger partial charge is 0.221 e. The van der Waals surface area contributed by atoms with Crippen molar-refractivity contribution in [2.45, 2.75) is 11.3 Å². The highest BCUT2D eigenvalue weighted by atomic mass is 32.2. The molecule has 3 rings (SSSR count). The third-order valence-corrected chi connectivity index (χ3v) is 4.97. The van der Waals surface area contributed by atoms with Crippen molar-refractivity contribution in [3.8, 4) is 11.5 Å². The van der Waals surface area contributed by atoms with Crippen molar-refractivity contribution in [2.24, 2.45) is 0 Å². The highest BCUT2D eigenvalue weighted by Gasteiger charge is 2.23. The molecule has 7 nitrogen and oxygen atoms in total. The lowest BCUT2D eigenvalue weighted by molar-refractivity contribution is -0.133. The van der Waals surface area contributed by atoms with Crippen molar-refractivity contribution in [3.63, 3.8) is 0 Å². The molecule has 2 N–H and O–H groups in total. The van der Waals surface area contributed by atoms with Gasteiger partial charge in [-0.25, -0.2) is 8.42 Å². The van der Waals surface area contributed by atoms with Crippen molar-refractivity contribution < 1.29 is 32.8 Å². The Morgan fingerprint density at radius 1 is 0.963 bits per heavy atom. The second-order valence-corrected chi connectivity index (χ2v) is 7.20. The topological polar surface area (TPSA) is 132 Å². The van der Waals surface area contributed by atoms with Gasteiger partial charge in [0.1, 0.15) is 10.1 Å². The minimum atomic E-state index is -4.84. The van der Waals surface area contributed by atoms with E-state index in [1.165, 1.54) is 42.5 Å². The summed E-state index contributed by atoms with van der Waals surface area (Å²) in [7, 11) is -4.84. The number of benzene rings is 2. The first-order valence-electron chi connectivity index (χ1n) is 7.74. The molecule has 0 radical (unpaired) electrons. The van der Waals surface area contributed by atoms with Crippen molar-refractivity contribution in [2.75, 3.05) is 0 Å². The van der Waals surface area contributed by atoms with Crippen LogP contribution >= 0.6 is 0 Å². The van der Waals surface area contributed by atoms with E-state index in [1.54, 1.807) is 0 Å². The molecule has 0 heterocycles. The van der Waals surface area contributed by atoms with Gasteiger partial charge in [0.15, 0.2) is 11.5 Å². The Kier molecular flexibility index (Phi) is 4.69. The lowest BCUT2D eigenvalue weighted by atomic mass is 9.87. The van der Waals surface area contributed by atoms with E-state index in [0.29, 0.717) is 5.57 Å². The summed E-state index contributed by atoms with van der Waals surface area (Å²) in [5.74, 6) is -2.22. The molecule has 0 spiro atoms. The van der Waals surface area contributed by atoms with Crippen LogP contribution < -0.4 is 0 Å². The van der Waals surface area contributed by atoms with Crippen molar-refractivity contribution >= 4 is 27.3 Å². The molecule has 0 atom stereocenters. The Morgan fingerprint density at radius 3 is 2.30 bits per heavy atom. The average Bonchev–Trinajstić information content (AvgIpc) is 2.61. The first kappa shape index (κ1) is 18.6. The number of carbonyl (C=O) groups excluding carboxylic acids is 2. The predicted octanol–water partition coefficient (Wildman–Crippen LogP) is 1.90. The summed E-state index contributed by atoms with van der Waals surface area (Å²) in [5, 5.41) is 19.4. The number of allylic oxidation sites excluding steroid dienone is 3. The van der Waals surface area contributed by atoms with E-state index in [9.17, 15) is 32.8 Å². The highest BCUT2D eigenvalue weighted by molar-refractivity contribution is 7.85. The molecule has 0 aromatic heterocycles. The van der Waals surface area contributed by atoms with Gasteiger partial charge in [0.2, 0.25) is 11.6 Å². The molecular formula is C19H13O7S-. The summed E-state index contributed by atoms with van der Waals surface area (Å²) in [6.07, 6.45) is 2.15. The Balaban J connectivity index is 2.37. The number of Topliss-reactive ketones (excluding diaryl/α,β-unsaturated/α-hetero) is 1. The third-order valence-electron chi connectivity index (χ3n) is 4.07. The number of carbonyl (C=O) groups is 2. The molecule has 27 heavy (non-hydrogen) atoms. The normalized spacial score (nSPS) is 16.5. The van der Waals surface area contributed by atoms with Crippen LogP contribution in [-0.4, -0.2) is 34.8 Å². The van der Waals surface area contributed by atoms with Gasteiger partial charge < -0.3 is 14.8 Å². The molecule has 1 aliphatic carbocycles. The van der Waals surface area contributed by atoms with Crippen LogP contribution in [0.1, 0.15) is 17.5 Å². The molecule has 2 aromatic carbocycles. The SMILES string of the molecule is O=C1C=C/C(=C(\c2ccc(O)c(O)c2)c2ccccc2S(=O)(=O)[O-])CC1=O. The van der Waals surface area contributed by atoms with Gasteiger partial charge in [0.05, 0.1) is 4.90 Å². The molecule has 0 amide bonds. The van der Waals surface area contributed by atoms with Crippen LogP contribution in [0.5, 0.6) is 11.5 Å². The van der Waals surface area contributed by atoms with Gasteiger partial charge in [-0.2, -0.15) is 0 Å². The first-order chi connectivity index (χ1) is 12.7. The van der Waals surface area contributed by atoms with E-state index in [-0.39, 0.29) is 23.1 Å². The minimum absolute atomic E-state index is 0.0272. The largest absolute Gasteiger partial charge is 0.744 e. The van der Waals surface area contributed by atoms with E-state index >= 15 is 0 Å². The van der Waals surface area contributed by atoms with Gasteiger partial charge in [-0.3, -0.25) is 9.59 Å². The summed E-state index contributed by atoms with van der Waals surface area (Å²) < 4.78 is 35.1. The summed E-state index contributed by atoms with van der Waals surface area (Å²) in [6, 6.07) is 9.21. The van der Waals surface area contributed by atoms with Crippen molar-refractivity contribution in [3.05, 3.63) is 71.3 Å². The zero-order chi connectivity index (χ0) is 19.8. The second-order valence-electron chi connectivity index (χ2n) is 5.85. The number of hydrogen-bond donors (Lipinski definition) is 2. The lowest BCUT2D eigenvalue weighted by Crippen LogP contribution is -2.16. The van der Waals surface area contributed by atoms with Crippen LogP contribution in [0.25, 0.3) is 5.57 Å². The van der Waals surface area contributed by atoms with E-state index in [0.717, 1.165) is 12.1 Å².